The molecule has 0 amide bonds. The molecule has 0 unspecified atom stereocenters. The molecule has 3 rings (SSSR count). The van der Waals surface area contributed by atoms with Crippen LogP contribution in [0.1, 0.15) is 39.4 Å². The summed E-state index contributed by atoms with van der Waals surface area (Å²) in [7, 11) is 0. The standard InChI is InChI=1S/C20H19Cl2N3O3/c1-11-8-19-23-12(2)15(13(3)25(19)24-11)6-7-20(27)28-10-18(26)16-5-4-14(21)9-17(16)22/h4-5,8-9H,6-7,10H2,1-3H3. The van der Waals surface area contributed by atoms with Gasteiger partial charge in [-0.2, -0.15) is 5.10 Å². The van der Waals surface area contributed by atoms with E-state index in [0.29, 0.717) is 11.4 Å². The van der Waals surface area contributed by atoms with E-state index in [1.54, 1.807) is 10.6 Å². The number of ether oxygens (including phenoxy) is 1. The highest BCUT2D eigenvalue weighted by Crippen LogP contribution is 2.21. The van der Waals surface area contributed by atoms with E-state index in [0.717, 1.165) is 28.3 Å². The van der Waals surface area contributed by atoms with Crippen LogP contribution in [0.5, 0.6) is 0 Å². The summed E-state index contributed by atoms with van der Waals surface area (Å²) in [6.45, 7) is 5.39. The quantitative estimate of drug-likeness (QED) is 0.439. The number of nitrogens with zero attached hydrogens (tertiary/aromatic N) is 3. The van der Waals surface area contributed by atoms with Gasteiger partial charge in [-0.05, 0) is 51.0 Å². The fourth-order valence-corrected chi connectivity index (χ4v) is 3.56. The number of ketones is 1. The summed E-state index contributed by atoms with van der Waals surface area (Å²) in [5.74, 6) is -0.841. The second-order valence-corrected chi connectivity index (χ2v) is 7.37. The minimum absolute atomic E-state index is 0.136. The van der Waals surface area contributed by atoms with Gasteiger partial charge < -0.3 is 4.74 Å². The summed E-state index contributed by atoms with van der Waals surface area (Å²) in [5, 5.41) is 5.08. The molecule has 0 fully saturated rings. The molecule has 1 aromatic carbocycles. The molecule has 0 saturated carbocycles. The van der Waals surface area contributed by atoms with E-state index in [9.17, 15) is 9.59 Å². The van der Waals surface area contributed by atoms with Crippen LogP contribution in [0.4, 0.5) is 0 Å². The van der Waals surface area contributed by atoms with E-state index in [1.165, 1.54) is 12.1 Å². The third-order valence-corrected chi connectivity index (χ3v) is 5.01. The summed E-state index contributed by atoms with van der Waals surface area (Å²) >= 11 is 11.8. The molecule has 0 aliphatic carbocycles. The lowest BCUT2D eigenvalue weighted by Crippen LogP contribution is -2.15. The van der Waals surface area contributed by atoms with E-state index < -0.39 is 5.97 Å². The minimum Gasteiger partial charge on any atom is -0.457 e. The number of halogens is 2. The topological polar surface area (TPSA) is 73.6 Å². The second-order valence-electron chi connectivity index (χ2n) is 6.52. The number of benzene rings is 1. The van der Waals surface area contributed by atoms with Crippen LogP contribution in [-0.4, -0.2) is 33.0 Å². The van der Waals surface area contributed by atoms with Crippen molar-refractivity contribution in [3.8, 4) is 0 Å². The maximum absolute atomic E-state index is 12.2. The summed E-state index contributed by atoms with van der Waals surface area (Å²) < 4.78 is 6.89. The van der Waals surface area contributed by atoms with Crippen molar-refractivity contribution in [2.45, 2.75) is 33.6 Å². The van der Waals surface area contributed by atoms with E-state index in [2.05, 4.69) is 10.1 Å². The third kappa shape index (κ3) is 4.34. The van der Waals surface area contributed by atoms with Gasteiger partial charge in [0.15, 0.2) is 12.3 Å². The molecule has 8 heteroatoms. The molecule has 0 bridgehead atoms. The van der Waals surface area contributed by atoms with E-state index in [-0.39, 0.29) is 29.4 Å². The zero-order valence-corrected chi connectivity index (χ0v) is 17.3. The number of aryl methyl sites for hydroxylation is 3. The van der Waals surface area contributed by atoms with E-state index in [1.807, 2.05) is 26.8 Å². The van der Waals surface area contributed by atoms with Gasteiger partial charge in [0.05, 0.1) is 10.7 Å². The Morgan fingerprint density at radius 3 is 2.61 bits per heavy atom. The lowest BCUT2D eigenvalue weighted by atomic mass is 10.1. The van der Waals surface area contributed by atoms with Crippen molar-refractivity contribution in [1.29, 1.82) is 0 Å². The molecule has 0 radical (unpaired) electrons. The number of aromatic nitrogens is 3. The average molecular weight is 420 g/mol. The Hall–Kier alpha value is -2.44. The Kier molecular flexibility index (Phi) is 6.01. The van der Waals surface area contributed by atoms with Gasteiger partial charge in [0.25, 0.3) is 0 Å². The van der Waals surface area contributed by atoms with Gasteiger partial charge in [-0.1, -0.05) is 23.2 Å². The van der Waals surface area contributed by atoms with E-state index >= 15 is 0 Å². The molecule has 0 atom stereocenters. The number of hydrogen-bond acceptors (Lipinski definition) is 5. The van der Waals surface area contributed by atoms with Crippen LogP contribution in [0, 0.1) is 20.8 Å². The van der Waals surface area contributed by atoms with Crippen molar-refractivity contribution < 1.29 is 14.3 Å². The van der Waals surface area contributed by atoms with Gasteiger partial charge in [-0.25, -0.2) is 9.50 Å². The van der Waals surface area contributed by atoms with Gasteiger partial charge in [0, 0.05) is 34.5 Å². The minimum atomic E-state index is -0.464. The van der Waals surface area contributed by atoms with Crippen LogP contribution in [0.15, 0.2) is 24.3 Å². The third-order valence-electron chi connectivity index (χ3n) is 4.46. The number of fused-ring (bicyclic) bond motifs is 1. The zero-order valence-electron chi connectivity index (χ0n) is 15.8. The smallest absolute Gasteiger partial charge is 0.306 e. The Balaban J connectivity index is 1.61. The molecule has 28 heavy (non-hydrogen) atoms. The maximum Gasteiger partial charge on any atom is 0.306 e. The van der Waals surface area contributed by atoms with Crippen LogP contribution in [0.3, 0.4) is 0 Å². The largest absolute Gasteiger partial charge is 0.457 e. The number of Topliss-reactive ketones (excluding diaryl/α,β-unsaturated/α-hetero) is 1. The van der Waals surface area contributed by atoms with Gasteiger partial charge in [-0.15, -0.1) is 0 Å². The van der Waals surface area contributed by atoms with Crippen molar-refractivity contribution in [2.24, 2.45) is 0 Å². The van der Waals surface area contributed by atoms with Crippen molar-refractivity contribution in [3.05, 3.63) is 62.5 Å². The molecular formula is C20H19Cl2N3O3. The molecule has 2 aromatic heterocycles. The highest BCUT2D eigenvalue weighted by Gasteiger charge is 2.16. The molecular weight excluding hydrogens is 401 g/mol. The first kappa shape index (κ1) is 20.3. The fourth-order valence-electron chi connectivity index (χ4n) is 3.04. The first-order valence-electron chi connectivity index (χ1n) is 8.72. The first-order valence-corrected chi connectivity index (χ1v) is 9.48. The van der Waals surface area contributed by atoms with Crippen molar-refractivity contribution >= 4 is 40.6 Å². The van der Waals surface area contributed by atoms with Crippen molar-refractivity contribution in [1.82, 2.24) is 14.6 Å². The normalized spacial score (nSPS) is 11.0. The van der Waals surface area contributed by atoms with Gasteiger partial charge in [0.2, 0.25) is 5.78 Å². The SMILES string of the molecule is Cc1cc2nc(C)c(CCC(=O)OCC(=O)c3ccc(Cl)cc3Cl)c(C)n2n1. The van der Waals surface area contributed by atoms with Gasteiger partial charge in [-0.3, -0.25) is 9.59 Å². The average Bonchev–Trinajstić information content (AvgIpc) is 2.99. The fraction of sp³-hybridized carbons (Fsp3) is 0.300. The second kappa shape index (κ2) is 8.29. The molecule has 0 spiro atoms. The first-order chi connectivity index (χ1) is 13.3. The maximum atomic E-state index is 12.2. The summed E-state index contributed by atoms with van der Waals surface area (Å²) in [5.41, 5.74) is 4.67. The molecule has 0 aliphatic rings. The predicted molar refractivity (Wildman–Crippen MR) is 107 cm³/mol. The van der Waals surface area contributed by atoms with Crippen molar-refractivity contribution in [2.75, 3.05) is 6.61 Å². The summed E-state index contributed by atoms with van der Waals surface area (Å²) in [4.78, 5) is 28.8. The number of rotatable bonds is 6. The molecule has 146 valence electrons. The van der Waals surface area contributed by atoms with Crippen LogP contribution in [-0.2, 0) is 16.0 Å². The molecule has 3 aromatic rings. The monoisotopic (exact) mass is 419 g/mol. The van der Waals surface area contributed by atoms with Crippen LogP contribution >= 0.6 is 23.2 Å². The zero-order chi connectivity index (χ0) is 20.4. The van der Waals surface area contributed by atoms with Gasteiger partial charge >= 0.3 is 5.97 Å². The number of carbonyl (C=O) groups is 2. The van der Waals surface area contributed by atoms with Crippen molar-refractivity contribution in [3.63, 3.8) is 0 Å². The summed E-state index contributed by atoms with van der Waals surface area (Å²) in [6.07, 6.45) is 0.588. The lowest BCUT2D eigenvalue weighted by Gasteiger charge is -2.11. The number of carbonyl (C=O) groups excluding carboxylic acids is 2. The molecule has 2 heterocycles. The predicted octanol–water partition coefficient (Wildman–Crippen LogP) is 4.32. The number of esters is 1. The highest BCUT2D eigenvalue weighted by atomic mass is 35.5. The lowest BCUT2D eigenvalue weighted by molar-refractivity contribution is -0.142. The molecule has 0 N–H and O–H groups in total. The van der Waals surface area contributed by atoms with Crippen LogP contribution in [0.2, 0.25) is 10.0 Å². The number of hydrogen-bond donors (Lipinski definition) is 0. The Labute approximate surface area is 172 Å². The summed E-state index contributed by atoms with van der Waals surface area (Å²) in [6, 6.07) is 6.46. The Morgan fingerprint density at radius 2 is 1.89 bits per heavy atom. The Bertz CT molecular complexity index is 1080. The van der Waals surface area contributed by atoms with Crippen LogP contribution in [0.25, 0.3) is 5.65 Å². The molecule has 0 saturated heterocycles. The highest BCUT2D eigenvalue weighted by molar-refractivity contribution is 6.36. The van der Waals surface area contributed by atoms with Gasteiger partial charge in [0.1, 0.15) is 0 Å². The Morgan fingerprint density at radius 1 is 1.14 bits per heavy atom. The molecule has 6 nitrogen and oxygen atoms in total. The van der Waals surface area contributed by atoms with E-state index in [4.69, 9.17) is 27.9 Å². The molecule has 0 aliphatic heterocycles. The van der Waals surface area contributed by atoms with Crippen LogP contribution < -0.4 is 0 Å².